The van der Waals surface area contributed by atoms with Crippen molar-refractivity contribution < 1.29 is 88.2 Å². The zero-order valence-electron chi connectivity index (χ0n) is 8.60. The average Bonchev–Trinajstić information content (AvgIpc) is 2.47. The molecule has 0 aliphatic heterocycles. The molecule has 1 radical (unpaired) electrons. The number of benzene rings is 1. The third-order valence-electron chi connectivity index (χ3n) is 1.59. The van der Waals surface area contributed by atoms with Gasteiger partial charge >= 0.3 is 51.4 Å². The van der Waals surface area contributed by atoms with Crippen molar-refractivity contribution in [2.75, 3.05) is 0 Å². The van der Waals surface area contributed by atoms with Gasteiger partial charge in [0, 0.05) is 22.4 Å². The second-order valence-corrected chi connectivity index (χ2v) is 3.87. The van der Waals surface area contributed by atoms with E-state index in [1.54, 1.807) is 0 Å². The SMILES string of the molecule is O=S(=O)(O)c1ccc2n[nH]nc2c1.[Ag].[H-].[K+]. The molecule has 0 atom stereocenters. The summed E-state index contributed by atoms with van der Waals surface area (Å²) in [6, 6.07) is 3.97. The van der Waals surface area contributed by atoms with Gasteiger partial charge in [0.15, 0.2) is 0 Å². The first-order valence-corrected chi connectivity index (χ1v) is 4.79. The minimum atomic E-state index is -4.15. The molecule has 0 saturated heterocycles. The monoisotopic (exact) mass is 346 g/mol. The van der Waals surface area contributed by atoms with Gasteiger partial charge in [0.2, 0.25) is 0 Å². The van der Waals surface area contributed by atoms with E-state index in [1.807, 2.05) is 0 Å². The molecular formula is C6H6AgKN3O3S. The van der Waals surface area contributed by atoms with Crippen LogP contribution < -0.4 is 51.4 Å². The number of aromatic nitrogens is 3. The van der Waals surface area contributed by atoms with Gasteiger partial charge in [0.05, 0.1) is 4.90 Å². The van der Waals surface area contributed by atoms with E-state index in [4.69, 9.17) is 4.55 Å². The Morgan fingerprint density at radius 3 is 2.47 bits per heavy atom. The summed E-state index contributed by atoms with van der Waals surface area (Å²) >= 11 is 0. The second kappa shape index (κ2) is 6.01. The molecule has 1 aromatic heterocycles. The van der Waals surface area contributed by atoms with E-state index in [-0.39, 0.29) is 80.1 Å². The number of H-pyrrole nitrogens is 1. The van der Waals surface area contributed by atoms with Crippen molar-refractivity contribution >= 4 is 21.2 Å². The number of hydrogen-bond acceptors (Lipinski definition) is 4. The summed E-state index contributed by atoms with van der Waals surface area (Å²) in [5.74, 6) is 0. The quantitative estimate of drug-likeness (QED) is 0.433. The summed E-state index contributed by atoms with van der Waals surface area (Å²) in [7, 11) is -4.15. The van der Waals surface area contributed by atoms with Crippen LogP contribution in [0.4, 0.5) is 0 Å². The Morgan fingerprint density at radius 1 is 1.27 bits per heavy atom. The predicted molar refractivity (Wildman–Crippen MR) is 44.8 cm³/mol. The zero-order valence-corrected chi connectivity index (χ0v) is 13.0. The fourth-order valence-electron chi connectivity index (χ4n) is 0.981. The van der Waals surface area contributed by atoms with Crippen LogP contribution >= 0.6 is 0 Å². The molecule has 9 heteroatoms. The average molecular weight is 347 g/mol. The first kappa shape index (κ1) is 15.9. The molecule has 81 valence electrons. The van der Waals surface area contributed by atoms with Gasteiger partial charge in [0.1, 0.15) is 11.0 Å². The van der Waals surface area contributed by atoms with Crippen LogP contribution in [0.25, 0.3) is 11.0 Å². The number of fused-ring (bicyclic) bond motifs is 1. The smallest absolute Gasteiger partial charge is 1.00 e. The van der Waals surface area contributed by atoms with Gasteiger partial charge in [-0.25, -0.2) is 0 Å². The maximum atomic E-state index is 10.7. The van der Waals surface area contributed by atoms with E-state index in [0.29, 0.717) is 11.0 Å². The van der Waals surface area contributed by atoms with Gasteiger partial charge in [-0.3, -0.25) is 4.55 Å². The van der Waals surface area contributed by atoms with Crippen molar-refractivity contribution in [3.63, 3.8) is 0 Å². The fraction of sp³-hybridized carbons (Fsp3) is 0. The molecule has 15 heavy (non-hydrogen) atoms. The molecule has 0 spiro atoms. The van der Waals surface area contributed by atoms with Crippen molar-refractivity contribution in [2.45, 2.75) is 4.90 Å². The minimum Gasteiger partial charge on any atom is -1.00 e. The number of nitrogens with zero attached hydrogens (tertiary/aromatic N) is 2. The summed E-state index contributed by atoms with van der Waals surface area (Å²) in [5.41, 5.74) is 0.947. The largest absolute Gasteiger partial charge is 1.00 e. The Morgan fingerprint density at radius 2 is 1.87 bits per heavy atom. The summed E-state index contributed by atoms with van der Waals surface area (Å²) in [6.07, 6.45) is 0. The fourth-order valence-corrected chi connectivity index (χ4v) is 1.48. The summed E-state index contributed by atoms with van der Waals surface area (Å²) in [6.45, 7) is 0. The maximum Gasteiger partial charge on any atom is 1.00 e. The van der Waals surface area contributed by atoms with E-state index >= 15 is 0 Å². The standard InChI is InChI=1S/C6H5N3O3S.Ag.K.H/c10-13(11,12)4-1-2-5-6(3-4)8-9-7-5;;;/h1-3H,(H,7,8,9)(H,10,11,12);;;/q;;+1;-1. The zero-order chi connectivity index (χ0) is 9.47. The Kier molecular flexibility index (Phi) is 6.37. The second-order valence-electron chi connectivity index (χ2n) is 2.45. The Balaban J connectivity index is 0. The molecule has 2 rings (SSSR count). The van der Waals surface area contributed by atoms with Gasteiger partial charge in [-0.2, -0.15) is 23.8 Å². The van der Waals surface area contributed by atoms with E-state index in [1.165, 1.54) is 18.2 Å². The van der Waals surface area contributed by atoms with E-state index in [2.05, 4.69) is 15.4 Å². The van der Waals surface area contributed by atoms with Crippen LogP contribution in [0.3, 0.4) is 0 Å². The molecular weight excluding hydrogens is 341 g/mol. The maximum absolute atomic E-state index is 10.7. The molecule has 2 aromatic rings. The summed E-state index contributed by atoms with van der Waals surface area (Å²) in [4.78, 5) is -0.186. The van der Waals surface area contributed by atoms with Gasteiger partial charge in [-0.05, 0) is 18.2 Å². The van der Waals surface area contributed by atoms with Crippen LogP contribution in [0.2, 0.25) is 0 Å². The molecule has 2 N–H and O–H groups in total. The number of rotatable bonds is 1. The first-order valence-electron chi connectivity index (χ1n) is 3.35. The van der Waals surface area contributed by atoms with Crippen molar-refractivity contribution in [3.8, 4) is 0 Å². The molecule has 0 fully saturated rings. The molecule has 0 bridgehead atoms. The van der Waals surface area contributed by atoms with Gasteiger partial charge in [-0.15, -0.1) is 0 Å². The molecule has 0 aliphatic carbocycles. The molecule has 0 unspecified atom stereocenters. The molecule has 1 heterocycles. The van der Waals surface area contributed by atoms with E-state index < -0.39 is 10.1 Å². The molecule has 0 aliphatic rings. The molecule has 1 aromatic carbocycles. The number of nitrogens with one attached hydrogen (secondary N) is 1. The van der Waals surface area contributed by atoms with Gasteiger partial charge in [-0.1, -0.05) is 0 Å². The molecule has 0 amide bonds. The van der Waals surface area contributed by atoms with Crippen LogP contribution in [-0.4, -0.2) is 28.4 Å². The third-order valence-corrected chi connectivity index (χ3v) is 2.44. The van der Waals surface area contributed by atoms with E-state index in [9.17, 15) is 8.42 Å². The van der Waals surface area contributed by atoms with Crippen molar-refractivity contribution in [2.24, 2.45) is 0 Å². The summed E-state index contributed by atoms with van der Waals surface area (Å²) < 4.78 is 30.1. The van der Waals surface area contributed by atoms with Crippen LogP contribution in [0.15, 0.2) is 23.1 Å². The van der Waals surface area contributed by atoms with Crippen molar-refractivity contribution in [1.29, 1.82) is 0 Å². The number of hydrogen-bond donors (Lipinski definition) is 2. The normalized spacial score (nSPS) is 10.5. The Bertz CT molecular complexity index is 561. The topological polar surface area (TPSA) is 95.9 Å². The predicted octanol–water partition coefficient (Wildman–Crippen LogP) is -2.68. The molecule has 6 nitrogen and oxygen atoms in total. The number of aromatic amines is 1. The van der Waals surface area contributed by atoms with Crippen molar-refractivity contribution in [3.05, 3.63) is 18.2 Å². The van der Waals surface area contributed by atoms with Gasteiger partial charge < -0.3 is 1.43 Å². The first-order chi connectivity index (χ1) is 6.07. The van der Waals surface area contributed by atoms with Crippen molar-refractivity contribution in [1.82, 2.24) is 15.4 Å². The summed E-state index contributed by atoms with van der Waals surface area (Å²) in [5, 5.41) is 9.75. The Labute approximate surface area is 145 Å². The van der Waals surface area contributed by atoms with Crippen LogP contribution in [0.5, 0.6) is 0 Å². The van der Waals surface area contributed by atoms with Gasteiger partial charge in [0.25, 0.3) is 10.1 Å². The minimum absolute atomic E-state index is 0. The molecule has 0 saturated carbocycles. The third kappa shape index (κ3) is 3.70. The van der Waals surface area contributed by atoms with Crippen LogP contribution in [0.1, 0.15) is 1.43 Å². The van der Waals surface area contributed by atoms with Crippen LogP contribution in [-0.2, 0) is 32.5 Å². The van der Waals surface area contributed by atoms with Crippen LogP contribution in [0, 0.1) is 0 Å². The van der Waals surface area contributed by atoms with E-state index in [0.717, 1.165) is 0 Å². The Hall–Kier alpha value is 0.907.